The molecular formula is C11H24N2O. The SMILES string of the molecule is CC(O)CCN1CCCC(C)C1CN. The maximum Gasteiger partial charge on any atom is 0.0524 e. The first kappa shape index (κ1) is 12.0. The van der Waals surface area contributed by atoms with E-state index in [4.69, 9.17) is 5.73 Å². The summed E-state index contributed by atoms with van der Waals surface area (Å²) in [6, 6.07) is 0.530. The summed E-state index contributed by atoms with van der Waals surface area (Å²) in [6.45, 7) is 7.03. The van der Waals surface area contributed by atoms with Gasteiger partial charge in [0.25, 0.3) is 0 Å². The van der Waals surface area contributed by atoms with Crippen LogP contribution in [0.4, 0.5) is 0 Å². The van der Waals surface area contributed by atoms with Crippen molar-refractivity contribution in [3.8, 4) is 0 Å². The zero-order valence-corrected chi connectivity index (χ0v) is 9.45. The lowest BCUT2D eigenvalue weighted by Crippen LogP contribution is -2.49. The second-order valence-corrected chi connectivity index (χ2v) is 4.60. The lowest BCUT2D eigenvalue weighted by atomic mass is 9.90. The van der Waals surface area contributed by atoms with Crippen molar-refractivity contribution in [2.45, 2.75) is 45.3 Å². The summed E-state index contributed by atoms with van der Waals surface area (Å²) >= 11 is 0. The van der Waals surface area contributed by atoms with Crippen LogP contribution in [0.5, 0.6) is 0 Å². The van der Waals surface area contributed by atoms with Crippen molar-refractivity contribution in [2.75, 3.05) is 19.6 Å². The van der Waals surface area contributed by atoms with Crippen molar-refractivity contribution in [1.82, 2.24) is 4.90 Å². The number of aliphatic hydroxyl groups excluding tert-OH is 1. The van der Waals surface area contributed by atoms with Crippen molar-refractivity contribution >= 4 is 0 Å². The van der Waals surface area contributed by atoms with Gasteiger partial charge in [-0.05, 0) is 38.6 Å². The van der Waals surface area contributed by atoms with Gasteiger partial charge in [0, 0.05) is 19.1 Å². The zero-order valence-electron chi connectivity index (χ0n) is 9.45. The van der Waals surface area contributed by atoms with Crippen molar-refractivity contribution in [3.05, 3.63) is 0 Å². The molecule has 14 heavy (non-hydrogen) atoms. The predicted octanol–water partition coefficient (Wildman–Crippen LogP) is 0.817. The molecule has 3 atom stereocenters. The highest BCUT2D eigenvalue weighted by molar-refractivity contribution is 4.82. The molecule has 0 aromatic rings. The Labute approximate surface area is 87.3 Å². The van der Waals surface area contributed by atoms with Gasteiger partial charge in [0.05, 0.1) is 6.10 Å². The number of hydrogen-bond acceptors (Lipinski definition) is 3. The van der Waals surface area contributed by atoms with E-state index >= 15 is 0 Å². The molecule has 1 saturated heterocycles. The third-order valence-electron chi connectivity index (χ3n) is 3.31. The van der Waals surface area contributed by atoms with Crippen LogP contribution >= 0.6 is 0 Å². The largest absolute Gasteiger partial charge is 0.393 e. The molecule has 0 amide bonds. The number of piperidine rings is 1. The average molecular weight is 200 g/mol. The smallest absolute Gasteiger partial charge is 0.0524 e. The standard InChI is InChI=1S/C11H24N2O/c1-9-4-3-6-13(11(9)8-12)7-5-10(2)14/h9-11,14H,3-8,12H2,1-2H3. The van der Waals surface area contributed by atoms with Gasteiger partial charge in [-0.2, -0.15) is 0 Å². The van der Waals surface area contributed by atoms with Gasteiger partial charge >= 0.3 is 0 Å². The fourth-order valence-corrected chi connectivity index (χ4v) is 2.35. The third kappa shape index (κ3) is 3.23. The Bertz CT molecular complexity index is 161. The third-order valence-corrected chi connectivity index (χ3v) is 3.31. The van der Waals surface area contributed by atoms with Gasteiger partial charge in [-0.3, -0.25) is 4.90 Å². The van der Waals surface area contributed by atoms with Gasteiger partial charge in [-0.15, -0.1) is 0 Å². The molecule has 0 aromatic carbocycles. The molecule has 0 aliphatic carbocycles. The van der Waals surface area contributed by atoms with Gasteiger partial charge in [0.2, 0.25) is 0 Å². The van der Waals surface area contributed by atoms with E-state index in [9.17, 15) is 5.11 Å². The van der Waals surface area contributed by atoms with Crippen molar-refractivity contribution in [3.63, 3.8) is 0 Å². The van der Waals surface area contributed by atoms with Crippen LogP contribution in [0.15, 0.2) is 0 Å². The molecule has 1 heterocycles. The van der Waals surface area contributed by atoms with Gasteiger partial charge in [0.15, 0.2) is 0 Å². The second-order valence-electron chi connectivity index (χ2n) is 4.60. The number of likely N-dealkylation sites (tertiary alicyclic amines) is 1. The number of nitrogens with zero attached hydrogens (tertiary/aromatic N) is 1. The van der Waals surface area contributed by atoms with Crippen LogP contribution in [0, 0.1) is 5.92 Å². The molecule has 1 aliphatic rings. The van der Waals surface area contributed by atoms with Crippen LogP contribution in [0.2, 0.25) is 0 Å². The van der Waals surface area contributed by atoms with Crippen LogP contribution in [0.3, 0.4) is 0 Å². The summed E-state index contributed by atoms with van der Waals surface area (Å²) < 4.78 is 0. The minimum absolute atomic E-state index is 0.189. The molecule has 0 spiro atoms. The van der Waals surface area contributed by atoms with E-state index < -0.39 is 0 Å². The van der Waals surface area contributed by atoms with Gasteiger partial charge in [0.1, 0.15) is 0 Å². The Hall–Kier alpha value is -0.120. The Morgan fingerprint density at radius 3 is 2.86 bits per heavy atom. The highest BCUT2D eigenvalue weighted by Gasteiger charge is 2.26. The van der Waals surface area contributed by atoms with Gasteiger partial charge in [-0.25, -0.2) is 0 Å². The summed E-state index contributed by atoms with van der Waals surface area (Å²) in [6.07, 6.45) is 3.25. The fourth-order valence-electron chi connectivity index (χ4n) is 2.35. The maximum atomic E-state index is 9.25. The van der Waals surface area contributed by atoms with E-state index in [1.54, 1.807) is 0 Å². The first-order valence-corrected chi connectivity index (χ1v) is 5.77. The number of hydrogen-bond donors (Lipinski definition) is 2. The van der Waals surface area contributed by atoms with Gasteiger partial charge in [-0.1, -0.05) is 6.92 Å². The van der Waals surface area contributed by atoms with Crippen LogP contribution in [0.25, 0.3) is 0 Å². The van der Waals surface area contributed by atoms with E-state index in [0.29, 0.717) is 12.0 Å². The molecule has 0 bridgehead atoms. The Balaban J connectivity index is 2.39. The van der Waals surface area contributed by atoms with Gasteiger partial charge < -0.3 is 10.8 Å². The molecule has 0 aromatic heterocycles. The number of nitrogens with two attached hydrogens (primary N) is 1. The molecule has 1 fully saturated rings. The summed E-state index contributed by atoms with van der Waals surface area (Å²) in [5.74, 6) is 0.711. The molecular weight excluding hydrogens is 176 g/mol. The van der Waals surface area contributed by atoms with Crippen molar-refractivity contribution in [2.24, 2.45) is 11.7 Å². The molecule has 3 nitrogen and oxygen atoms in total. The Kier molecular flexibility index (Phi) is 4.85. The summed E-state index contributed by atoms with van der Waals surface area (Å²) in [5.41, 5.74) is 5.79. The van der Waals surface area contributed by atoms with E-state index in [0.717, 1.165) is 26.1 Å². The highest BCUT2D eigenvalue weighted by atomic mass is 16.3. The lowest BCUT2D eigenvalue weighted by Gasteiger charge is -2.39. The maximum absolute atomic E-state index is 9.25. The summed E-state index contributed by atoms with van der Waals surface area (Å²) in [7, 11) is 0. The minimum atomic E-state index is -0.189. The Morgan fingerprint density at radius 1 is 1.57 bits per heavy atom. The molecule has 3 heteroatoms. The zero-order chi connectivity index (χ0) is 10.6. The monoisotopic (exact) mass is 200 g/mol. The lowest BCUT2D eigenvalue weighted by molar-refractivity contribution is 0.0837. The summed E-state index contributed by atoms with van der Waals surface area (Å²) in [5, 5.41) is 9.25. The predicted molar refractivity (Wildman–Crippen MR) is 59.1 cm³/mol. The van der Waals surface area contributed by atoms with Crippen molar-refractivity contribution < 1.29 is 5.11 Å². The van der Waals surface area contributed by atoms with E-state index in [-0.39, 0.29) is 6.10 Å². The first-order chi connectivity index (χ1) is 6.65. The molecule has 3 unspecified atom stereocenters. The number of rotatable bonds is 4. The van der Waals surface area contributed by atoms with Crippen LogP contribution < -0.4 is 5.73 Å². The quantitative estimate of drug-likeness (QED) is 0.706. The fraction of sp³-hybridized carbons (Fsp3) is 1.00. The number of aliphatic hydroxyl groups is 1. The van der Waals surface area contributed by atoms with E-state index in [1.807, 2.05) is 6.92 Å². The minimum Gasteiger partial charge on any atom is -0.393 e. The molecule has 84 valence electrons. The van der Waals surface area contributed by atoms with Crippen LogP contribution in [-0.4, -0.2) is 41.8 Å². The molecule has 1 rings (SSSR count). The molecule has 0 saturated carbocycles. The normalized spacial score (nSPS) is 31.7. The summed E-state index contributed by atoms with van der Waals surface area (Å²) in [4.78, 5) is 2.45. The Morgan fingerprint density at radius 2 is 2.29 bits per heavy atom. The van der Waals surface area contributed by atoms with E-state index in [2.05, 4.69) is 11.8 Å². The second kappa shape index (κ2) is 5.69. The van der Waals surface area contributed by atoms with Crippen molar-refractivity contribution in [1.29, 1.82) is 0 Å². The average Bonchev–Trinajstić information content (AvgIpc) is 2.14. The first-order valence-electron chi connectivity index (χ1n) is 5.77. The van der Waals surface area contributed by atoms with E-state index in [1.165, 1.54) is 12.8 Å². The molecule has 0 radical (unpaired) electrons. The molecule has 1 aliphatic heterocycles. The molecule has 3 N–H and O–H groups in total. The highest BCUT2D eigenvalue weighted by Crippen LogP contribution is 2.22. The topological polar surface area (TPSA) is 49.5 Å². The van der Waals surface area contributed by atoms with Crippen LogP contribution in [0.1, 0.15) is 33.1 Å². The van der Waals surface area contributed by atoms with Crippen LogP contribution in [-0.2, 0) is 0 Å².